The van der Waals surface area contributed by atoms with Crippen molar-refractivity contribution in [1.82, 2.24) is 18.8 Å². The van der Waals surface area contributed by atoms with E-state index < -0.39 is 34.4 Å². The molecule has 0 atom stereocenters. The molecule has 0 amide bonds. The fraction of sp³-hybridized carbons (Fsp3) is 0. The van der Waals surface area contributed by atoms with Crippen molar-refractivity contribution in [2.75, 3.05) is 0 Å². The highest BCUT2D eigenvalue weighted by Gasteiger charge is 2.30. The molecule has 54 heavy (non-hydrogen) atoms. The summed E-state index contributed by atoms with van der Waals surface area (Å²) in [6.45, 7) is 0. The van der Waals surface area contributed by atoms with E-state index in [1.54, 1.807) is 36.4 Å². The molecule has 0 fully saturated rings. The van der Waals surface area contributed by atoms with Crippen LogP contribution in [0.1, 0.15) is 0 Å². The summed E-state index contributed by atoms with van der Waals surface area (Å²) in [6.07, 6.45) is 0. The number of hydrogen-bond donors (Lipinski definition) is 0. The first kappa shape index (κ1) is 28.4. The third kappa shape index (κ3) is 3.02. The number of rotatable bonds is 0. The van der Waals surface area contributed by atoms with Crippen LogP contribution >= 0.6 is 0 Å². The molecule has 0 N–H and O–H groups in total. The molecule has 0 bridgehead atoms. The van der Waals surface area contributed by atoms with Gasteiger partial charge in [-0.05, 0) is 59.3 Å². The number of nitrogens with zero attached hydrogens (tertiary/aromatic N) is 4. The summed E-state index contributed by atoms with van der Waals surface area (Å²) < 4.78 is 70.6. The zero-order chi connectivity index (χ0) is 36.0. The van der Waals surface area contributed by atoms with Crippen molar-refractivity contribution in [1.29, 1.82) is 0 Å². The van der Waals surface area contributed by atoms with E-state index in [9.17, 15) is 9.59 Å². The lowest BCUT2D eigenvalue weighted by molar-refractivity contribution is 0.630. The monoisotopic (exact) mass is 708 g/mol. The number of fused-ring (bicyclic) bond motifs is 8. The maximum Gasteiger partial charge on any atom is 0.264 e. The molecule has 0 aliphatic carbocycles. The van der Waals surface area contributed by atoms with Gasteiger partial charge in [-0.25, -0.2) is 27.5 Å². The second-order valence-electron chi connectivity index (χ2n) is 14.1. The van der Waals surface area contributed by atoms with E-state index in [-0.39, 0.29) is 75.9 Å². The van der Waals surface area contributed by atoms with Gasteiger partial charge in [0.1, 0.15) is 34.6 Å². The standard InChI is InChI=1S/C44H16F4N4O2/c45-23-13-19-33-21(43(53)51-29-11-3-7-17-5-1-9-27(31(17)29)49-41(19)51)15-25(47)37-38-26(48)16-22-34-20(14-24(46)36(40(34)38)35(23)39(33)37)42-50-28-10-2-6-18-8-4-12-30(32(18)28)52(42)44(22)54/h1-16H. The average Bonchev–Trinajstić information content (AvgIpc) is 3.17. The molecule has 10 heteroatoms. The van der Waals surface area contributed by atoms with Crippen molar-refractivity contribution in [3.05, 3.63) is 141 Å². The molecule has 6 nitrogen and oxygen atoms in total. The summed E-state index contributed by atoms with van der Waals surface area (Å²) in [5, 5.41) is 1.94. The van der Waals surface area contributed by atoms with Gasteiger partial charge in [0.15, 0.2) is 0 Å². The molecule has 13 rings (SSSR count). The van der Waals surface area contributed by atoms with Gasteiger partial charge in [-0.1, -0.05) is 48.5 Å². The summed E-state index contributed by atoms with van der Waals surface area (Å²) in [4.78, 5) is 38.6. The van der Waals surface area contributed by atoms with Gasteiger partial charge in [-0.2, -0.15) is 0 Å². The van der Waals surface area contributed by atoms with Crippen LogP contribution in [0.2, 0.25) is 0 Å². The van der Waals surface area contributed by atoms with Crippen LogP contribution in [-0.4, -0.2) is 18.8 Å². The van der Waals surface area contributed by atoms with Gasteiger partial charge in [0.25, 0.3) is 11.1 Å². The van der Waals surface area contributed by atoms with Crippen LogP contribution in [0.3, 0.4) is 0 Å². The van der Waals surface area contributed by atoms with Crippen molar-refractivity contribution in [2.24, 2.45) is 0 Å². The number of benzene rings is 9. The number of halogens is 4. The van der Waals surface area contributed by atoms with Gasteiger partial charge in [0, 0.05) is 64.6 Å². The van der Waals surface area contributed by atoms with E-state index >= 15 is 17.6 Å². The summed E-state index contributed by atoms with van der Waals surface area (Å²) in [6, 6.07) is 26.3. The Morgan fingerprint density at radius 3 is 1.13 bits per heavy atom. The second kappa shape index (κ2) is 9.05. The largest absolute Gasteiger partial charge is 0.268 e. The molecular formula is C44H16F4N4O2. The predicted molar refractivity (Wildman–Crippen MR) is 205 cm³/mol. The van der Waals surface area contributed by atoms with Crippen molar-refractivity contribution >= 4 is 120 Å². The Hall–Kier alpha value is -7.20. The van der Waals surface area contributed by atoms with Crippen LogP contribution in [0.15, 0.2) is 107 Å². The molecule has 0 saturated carbocycles. The van der Waals surface area contributed by atoms with E-state index in [4.69, 9.17) is 9.97 Å². The first-order valence-electron chi connectivity index (χ1n) is 17.2. The van der Waals surface area contributed by atoms with Crippen molar-refractivity contribution in [2.45, 2.75) is 0 Å². The maximum atomic E-state index is 17.0. The highest BCUT2D eigenvalue weighted by Crippen LogP contribution is 2.49. The van der Waals surface area contributed by atoms with Gasteiger partial charge in [-0.3, -0.25) is 18.4 Å². The summed E-state index contributed by atoms with van der Waals surface area (Å²) >= 11 is 0. The van der Waals surface area contributed by atoms with Gasteiger partial charge in [0.2, 0.25) is 0 Å². The molecule has 4 aromatic heterocycles. The van der Waals surface area contributed by atoms with E-state index in [0.29, 0.717) is 32.8 Å². The van der Waals surface area contributed by atoms with Crippen LogP contribution in [-0.2, 0) is 0 Å². The second-order valence-corrected chi connectivity index (χ2v) is 14.1. The molecular weight excluding hydrogens is 693 g/mol. The van der Waals surface area contributed by atoms with E-state index in [1.807, 2.05) is 36.4 Å². The SMILES string of the molecule is O=c1c2cc(F)c3c4c(F)cc5c(=O)n6c7cccc8cccc(nc6c6cc(F)c(c9c(F)cc(c2c39)c2nc3cccc9cccc(c93)n12)c4c56)c87. The lowest BCUT2D eigenvalue weighted by Crippen LogP contribution is -2.18. The Balaban J connectivity index is 1.31. The first-order valence-corrected chi connectivity index (χ1v) is 17.2. The molecule has 0 radical (unpaired) electrons. The Labute approximate surface area is 296 Å². The van der Waals surface area contributed by atoms with Gasteiger partial charge < -0.3 is 0 Å². The summed E-state index contributed by atoms with van der Waals surface area (Å²) in [5.41, 5.74) is 1.14. The van der Waals surface area contributed by atoms with Gasteiger partial charge in [-0.15, -0.1) is 0 Å². The molecule has 9 aromatic carbocycles. The van der Waals surface area contributed by atoms with Crippen LogP contribution in [0.5, 0.6) is 0 Å². The molecule has 252 valence electrons. The van der Waals surface area contributed by atoms with Crippen molar-refractivity contribution in [3.63, 3.8) is 0 Å². The number of pyridine rings is 2. The lowest BCUT2D eigenvalue weighted by Gasteiger charge is -2.21. The normalized spacial score (nSPS) is 13.0. The van der Waals surface area contributed by atoms with Crippen LogP contribution in [0.4, 0.5) is 17.6 Å². The van der Waals surface area contributed by atoms with Gasteiger partial charge >= 0.3 is 0 Å². The molecule has 13 aromatic rings. The zero-order valence-corrected chi connectivity index (χ0v) is 27.4. The van der Waals surface area contributed by atoms with Crippen molar-refractivity contribution < 1.29 is 17.6 Å². The van der Waals surface area contributed by atoms with Crippen molar-refractivity contribution in [3.8, 4) is 0 Å². The molecule has 0 spiro atoms. The summed E-state index contributed by atoms with van der Waals surface area (Å²) in [5.74, 6) is -3.84. The van der Waals surface area contributed by atoms with Crippen LogP contribution < -0.4 is 11.1 Å². The maximum absolute atomic E-state index is 17.0. The molecule has 0 saturated heterocycles. The molecule has 0 aliphatic rings. The van der Waals surface area contributed by atoms with E-state index in [1.165, 1.54) is 20.9 Å². The van der Waals surface area contributed by atoms with Gasteiger partial charge in [0.05, 0.1) is 32.8 Å². The highest BCUT2D eigenvalue weighted by atomic mass is 19.1. The highest BCUT2D eigenvalue weighted by molar-refractivity contribution is 6.41. The first-order chi connectivity index (χ1) is 26.3. The third-order valence-electron chi connectivity index (χ3n) is 11.5. The fourth-order valence-corrected chi connectivity index (χ4v) is 9.54. The zero-order valence-electron chi connectivity index (χ0n) is 27.4. The minimum Gasteiger partial charge on any atom is -0.268 e. The van der Waals surface area contributed by atoms with Crippen LogP contribution in [0, 0.1) is 23.3 Å². The topological polar surface area (TPSA) is 68.7 Å². The average molecular weight is 709 g/mol. The smallest absolute Gasteiger partial charge is 0.264 e. The summed E-state index contributed by atoms with van der Waals surface area (Å²) in [7, 11) is 0. The quantitative estimate of drug-likeness (QED) is 0.0894. The third-order valence-corrected chi connectivity index (χ3v) is 11.5. The van der Waals surface area contributed by atoms with E-state index in [0.717, 1.165) is 22.9 Å². The molecule has 0 unspecified atom stereocenters. The van der Waals surface area contributed by atoms with E-state index in [2.05, 4.69) is 0 Å². The predicted octanol–water partition coefficient (Wildman–Crippen LogP) is 10.1. The number of hydrogen-bond acceptors (Lipinski definition) is 4. The Bertz CT molecular complexity index is 3770. The number of aromatic nitrogens is 4. The Kier molecular flexibility index (Phi) is 4.76. The molecule has 4 heterocycles. The minimum atomic E-state index is -0.996. The van der Waals surface area contributed by atoms with Crippen LogP contribution in [0.25, 0.3) is 120 Å². The lowest BCUT2D eigenvalue weighted by atomic mass is 9.85. The Morgan fingerprint density at radius 2 is 0.741 bits per heavy atom. The fourth-order valence-electron chi connectivity index (χ4n) is 9.54. The minimum absolute atomic E-state index is 0.0945. The molecule has 0 aliphatic heterocycles. The Morgan fingerprint density at radius 1 is 0.389 bits per heavy atom.